The van der Waals surface area contributed by atoms with Crippen molar-refractivity contribution < 1.29 is 0 Å². The molecule has 2 rings (SSSR count). The Morgan fingerprint density at radius 1 is 1.26 bits per heavy atom. The van der Waals surface area contributed by atoms with E-state index in [1.54, 1.807) is 0 Å². The van der Waals surface area contributed by atoms with Crippen molar-refractivity contribution in [1.82, 2.24) is 10.3 Å². The maximum absolute atomic E-state index is 6.22. The van der Waals surface area contributed by atoms with E-state index in [1.807, 2.05) is 12.4 Å². The van der Waals surface area contributed by atoms with Crippen LogP contribution in [0.1, 0.15) is 24.1 Å². The van der Waals surface area contributed by atoms with Crippen LogP contribution in [0.5, 0.6) is 0 Å². The molecular formula is C15H16ClIN2. The fraction of sp³-hybridized carbons (Fsp3) is 0.267. The summed E-state index contributed by atoms with van der Waals surface area (Å²) in [6.07, 6.45) is 4.60. The van der Waals surface area contributed by atoms with Gasteiger partial charge in [-0.15, -0.1) is 0 Å². The Labute approximate surface area is 132 Å². The van der Waals surface area contributed by atoms with Crippen molar-refractivity contribution in [3.8, 4) is 0 Å². The van der Waals surface area contributed by atoms with E-state index in [0.29, 0.717) is 0 Å². The van der Waals surface area contributed by atoms with E-state index in [0.717, 1.165) is 21.6 Å². The Morgan fingerprint density at radius 3 is 2.63 bits per heavy atom. The SMILES string of the molecule is CCNC(Cc1ccncc1)c1ccc(I)c(Cl)c1. The predicted octanol–water partition coefficient (Wildman–Crippen LogP) is 4.23. The molecule has 19 heavy (non-hydrogen) atoms. The molecule has 0 saturated carbocycles. The maximum Gasteiger partial charge on any atom is 0.0542 e. The molecular weight excluding hydrogens is 371 g/mol. The topological polar surface area (TPSA) is 24.9 Å². The average molecular weight is 387 g/mol. The van der Waals surface area contributed by atoms with Crippen molar-refractivity contribution in [2.45, 2.75) is 19.4 Å². The lowest BCUT2D eigenvalue weighted by atomic mass is 9.99. The van der Waals surface area contributed by atoms with Gasteiger partial charge in [-0.25, -0.2) is 0 Å². The highest BCUT2D eigenvalue weighted by Crippen LogP contribution is 2.25. The van der Waals surface area contributed by atoms with Crippen LogP contribution in [0.15, 0.2) is 42.7 Å². The van der Waals surface area contributed by atoms with Crippen LogP contribution in [0, 0.1) is 3.57 Å². The summed E-state index contributed by atoms with van der Waals surface area (Å²) in [7, 11) is 0. The molecule has 2 aromatic rings. The number of likely N-dealkylation sites (N-methyl/N-ethyl adjacent to an activating group) is 1. The zero-order chi connectivity index (χ0) is 13.7. The third kappa shape index (κ3) is 4.16. The molecule has 2 nitrogen and oxygen atoms in total. The summed E-state index contributed by atoms with van der Waals surface area (Å²) >= 11 is 8.46. The Morgan fingerprint density at radius 2 is 2.00 bits per heavy atom. The average Bonchev–Trinajstić information content (AvgIpc) is 2.43. The molecule has 0 radical (unpaired) electrons. The van der Waals surface area contributed by atoms with Gasteiger partial charge in [-0.1, -0.05) is 24.6 Å². The quantitative estimate of drug-likeness (QED) is 0.778. The van der Waals surface area contributed by atoms with Crippen molar-refractivity contribution in [1.29, 1.82) is 0 Å². The van der Waals surface area contributed by atoms with E-state index in [4.69, 9.17) is 11.6 Å². The number of rotatable bonds is 5. The van der Waals surface area contributed by atoms with Crippen LogP contribution < -0.4 is 5.32 Å². The van der Waals surface area contributed by atoms with Crippen LogP contribution in [0.4, 0.5) is 0 Å². The first-order valence-corrected chi connectivity index (χ1v) is 7.73. The minimum absolute atomic E-state index is 0.280. The summed E-state index contributed by atoms with van der Waals surface area (Å²) < 4.78 is 1.09. The predicted molar refractivity (Wildman–Crippen MR) is 88.5 cm³/mol. The van der Waals surface area contributed by atoms with Crippen molar-refractivity contribution in [3.05, 3.63) is 62.4 Å². The molecule has 1 unspecified atom stereocenters. The summed E-state index contributed by atoms with van der Waals surface area (Å²) in [5, 5.41) is 4.33. The molecule has 1 aromatic carbocycles. The van der Waals surface area contributed by atoms with Gasteiger partial charge in [0.15, 0.2) is 0 Å². The summed E-state index contributed by atoms with van der Waals surface area (Å²) in [6, 6.07) is 10.6. The fourth-order valence-electron chi connectivity index (χ4n) is 2.04. The monoisotopic (exact) mass is 386 g/mol. The van der Waals surface area contributed by atoms with Gasteiger partial charge in [0.2, 0.25) is 0 Å². The van der Waals surface area contributed by atoms with Crippen molar-refractivity contribution >= 4 is 34.2 Å². The Hall–Kier alpha value is -0.650. The molecule has 4 heteroatoms. The van der Waals surface area contributed by atoms with Crippen LogP contribution >= 0.6 is 34.2 Å². The molecule has 0 aliphatic rings. The van der Waals surface area contributed by atoms with Gasteiger partial charge in [0.25, 0.3) is 0 Å². The van der Waals surface area contributed by atoms with Gasteiger partial charge in [0.05, 0.1) is 5.02 Å². The number of nitrogens with zero attached hydrogens (tertiary/aromatic N) is 1. The van der Waals surface area contributed by atoms with E-state index >= 15 is 0 Å². The largest absolute Gasteiger partial charge is 0.310 e. The molecule has 1 N–H and O–H groups in total. The minimum Gasteiger partial charge on any atom is -0.310 e. The van der Waals surface area contributed by atoms with Gasteiger partial charge in [-0.2, -0.15) is 0 Å². The molecule has 0 fully saturated rings. The van der Waals surface area contributed by atoms with Crippen LogP contribution in [-0.4, -0.2) is 11.5 Å². The number of hydrogen-bond donors (Lipinski definition) is 1. The maximum atomic E-state index is 6.22. The number of nitrogens with one attached hydrogen (secondary N) is 1. The highest BCUT2D eigenvalue weighted by Gasteiger charge is 2.12. The molecule has 0 aliphatic heterocycles. The third-order valence-corrected chi connectivity index (χ3v) is 4.56. The van der Waals surface area contributed by atoms with E-state index in [-0.39, 0.29) is 6.04 Å². The second-order valence-electron chi connectivity index (χ2n) is 4.34. The Bertz CT molecular complexity index is 531. The van der Waals surface area contributed by atoms with Gasteiger partial charge >= 0.3 is 0 Å². The molecule has 1 aromatic heterocycles. The van der Waals surface area contributed by atoms with Crippen LogP contribution in [0.2, 0.25) is 5.02 Å². The van der Waals surface area contributed by atoms with Crippen molar-refractivity contribution in [2.75, 3.05) is 6.54 Å². The zero-order valence-electron chi connectivity index (χ0n) is 10.7. The summed E-state index contributed by atoms with van der Waals surface area (Å²) in [5.41, 5.74) is 2.50. The number of pyridine rings is 1. The smallest absolute Gasteiger partial charge is 0.0542 e. The van der Waals surface area contributed by atoms with E-state index < -0.39 is 0 Å². The lowest BCUT2D eigenvalue weighted by Gasteiger charge is -2.19. The molecule has 0 aliphatic carbocycles. The molecule has 1 atom stereocenters. The standard InChI is InChI=1S/C15H16ClIN2/c1-2-19-15(9-11-5-7-18-8-6-11)12-3-4-14(17)13(16)10-12/h3-8,10,15,19H,2,9H2,1H3. The summed E-state index contributed by atoms with van der Waals surface area (Å²) in [5.74, 6) is 0. The normalized spacial score (nSPS) is 12.4. The van der Waals surface area contributed by atoms with Crippen LogP contribution in [0.25, 0.3) is 0 Å². The van der Waals surface area contributed by atoms with Gasteiger partial charge < -0.3 is 5.32 Å². The first-order chi connectivity index (χ1) is 9.20. The summed E-state index contributed by atoms with van der Waals surface area (Å²) in [4.78, 5) is 4.05. The Kier molecular flexibility index (Phi) is 5.60. The molecule has 100 valence electrons. The lowest BCUT2D eigenvalue weighted by Crippen LogP contribution is -2.23. The highest BCUT2D eigenvalue weighted by molar-refractivity contribution is 14.1. The first-order valence-electron chi connectivity index (χ1n) is 6.28. The van der Waals surface area contributed by atoms with E-state index in [9.17, 15) is 0 Å². The van der Waals surface area contributed by atoms with E-state index in [1.165, 1.54) is 11.1 Å². The highest BCUT2D eigenvalue weighted by atomic mass is 127. The van der Waals surface area contributed by atoms with Gasteiger partial charge in [0, 0.05) is 22.0 Å². The third-order valence-electron chi connectivity index (χ3n) is 2.99. The van der Waals surface area contributed by atoms with Crippen molar-refractivity contribution in [3.63, 3.8) is 0 Å². The second kappa shape index (κ2) is 7.22. The molecule has 0 bridgehead atoms. The molecule has 0 saturated heterocycles. The van der Waals surface area contributed by atoms with Gasteiger partial charge in [-0.05, 0) is 70.9 Å². The first kappa shape index (κ1) is 14.8. The second-order valence-corrected chi connectivity index (χ2v) is 5.91. The summed E-state index contributed by atoms with van der Waals surface area (Å²) in [6.45, 7) is 3.05. The van der Waals surface area contributed by atoms with Crippen molar-refractivity contribution in [2.24, 2.45) is 0 Å². The molecule has 1 heterocycles. The zero-order valence-corrected chi connectivity index (χ0v) is 13.6. The van der Waals surface area contributed by atoms with Gasteiger partial charge in [-0.3, -0.25) is 4.98 Å². The number of halogens is 2. The number of aromatic nitrogens is 1. The van der Waals surface area contributed by atoms with Gasteiger partial charge in [0.1, 0.15) is 0 Å². The number of hydrogen-bond acceptors (Lipinski definition) is 2. The Balaban J connectivity index is 2.21. The minimum atomic E-state index is 0.280. The molecule has 0 spiro atoms. The number of benzene rings is 1. The van der Waals surface area contributed by atoms with Crippen LogP contribution in [0.3, 0.4) is 0 Å². The van der Waals surface area contributed by atoms with E-state index in [2.05, 4.69) is 70.1 Å². The fourth-order valence-corrected chi connectivity index (χ4v) is 2.56. The lowest BCUT2D eigenvalue weighted by molar-refractivity contribution is 0.549. The van der Waals surface area contributed by atoms with Crippen LogP contribution in [-0.2, 0) is 6.42 Å². The molecule has 0 amide bonds.